The largest absolute Gasteiger partial charge is 0.308 e. The van der Waals surface area contributed by atoms with Gasteiger partial charge in [-0.15, -0.1) is 0 Å². The number of benzene rings is 1. The Hall–Kier alpha value is -0.400. The molecule has 19 heavy (non-hydrogen) atoms. The minimum Gasteiger partial charge on any atom is -0.308 e. The number of hydrogen-bond acceptors (Lipinski definition) is 2. The molecule has 1 unspecified atom stereocenters. The van der Waals surface area contributed by atoms with Gasteiger partial charge in [0, 0.05) is 20.8 Å². The van der Waals surface area contributed by atoms with Crippen molar-refractivity contribution in [2.45, 2.75) is 25.9 Å². The van der Waals surface area contributed by atoms with Crippen molar-refractivity contribution in [1.82, 2.24) is 15.1 Å². The first-order chi connectivity index (χ1) is 9.17. The molecular weight excluding hydrogens is 417 g/mol. The van der Waals surface area contributed by atoms with Crippen LogP contribution in [0, 0.1) is 3.57 Å². The maximum absolute atomic E-state index is 4.41. The van der Waals surface area contributed by atoms with Crippen molar-refractivity contribution < 1.29 is 0 Å². The number of aromatic nitrogens is 2. The Morgan fingerprint density at radius 3 is 2.89 bits per heavy atom. The summed E-state index contributed by atoms with van der Waals surface area (Å²) < 4.78 is 4.43. The van der Waals surface area contributed by atoms with Gasteiger partial charge in [-0.2, -0.15) is 5.10 Å². The van der Waals surface area contributed by atoms with Gasteiger partial charge in [0.05, 0.1) is 11.7 Å². The van der Waals surface area contributed by atoms with Crippen LogP contribution in [0.5, 0.6) is 0 Å². The van der Waals surface area contributed by atoms with E-state index in [1.165, 1.54) is 14.8 Å². The Bertz CT molecular complexity index is 553. The van der Waals surface area contributed by atoms with Gasteiger partial charge in [-0.05, 0) is 65.9 Å². The first kappa shape index (κ1) is 15.0. The second-order valence-electron chi connectivity index (χ2n) is 4.37. The standard InChI is InChI=1S/C14H17BrIN3/c1-3-8-19-13(6-7-18-19)14(17-2)11-9-10(16)4-5-12(11)15/h4-7,9,14,17H,3,8H2,1-2H3. The molecule has 5 heteroatoms. The SMILES string of the molecule is CCCn1nccc1C(NC)c1cc(I)ccc1Br. The summed E-state index contributed by atoms with van der Waals surface area (Å²) in [5, 5.41) is 7.81. The van der Waals surface area contributed by atoms with Crippen molar-refractivity contribution in [1.29, 1.82) is 0 Å². The lowest BCUT2D eigenvalue weighted by Crippen LogP contribution is -2.22. The third kappa shape index (κ3) is 3.38. The van der Waals surface area contributed by atoms with Crippen LogP contribution in [-0.2, 0) is 6.54 Å². The average Bonchev–Trinajstić information content (AvgIpc) is 2.83. The molecule has 0 bridgehead atoms. The molecule has 1 N–H and O–H groups in total. The van der Waals surface area contributed by atoms with E-state index in [2.05, 4.69) is 84.8 Å². The van der Waals surface area contributed by atoms with Gasteiger partial charge in [0.2, 0.25) is 0 Å². The van der Waals surface area contributed by atoms with E-state index < -0.39 is 0 Å². The zero-order valence-electron chi connectivity index (χ0n) is 11.0. The smallest absolute Gasteiger partial charge is 0.0757 e. The van der Waals surface area contributed by atoms with E-state index in [0.717, 1.165) is 17.4 Å². The van der Waals surface area contributed by atoms with Gasteiger partial charge < -0.3 is 5.32 Å². The Labute approximate surface area is 136 Å². The summed E-state index contributed by atoms with van der Waals surface area (Å²) in [5.74, 6) is 0. The van der Waals surface area contributed by atoms with E-state index in [0.29, 0.717) is 0 Å². The summed E-state index contributed by atoms with van der Waals surface area (Å²) in [6.45, 7) is 3.11. The summed E-state index contributed by atoms with van der Waals surface area (Å²) in [4.78, 5) is 0. The molecule has 0 radical (unpaired) electrons. The summed E-state index contributed by atoms with van der Waals surface area (Å²) in [6, 6.07) is 8.64. The predicted molar refractivity (Wildman–Crippen MR) is 90.3 cm³/mol. The molecule has 102 valence electrons. The Morgan fingerprint density at radius 1 is 1.42 bits per heavy atom. The van der Waals surface area contributed by atoms with E-state index in [1.54, 1.807) is 0 Å². The summed E-state index contributed by atoms with van der Waals surface area (Å²) >= 11 is 5.99. The molecule has 0 amide bonds. The molecule has 2 rings (SSSR count). The lowest BCUT2D eigenvalue weighted by Gasteiger charge is -2.20. The highest BCUT2D eigenvalue weighted by molar-refractivity contribution is 14.1. The molecule has 0 aliphatic carbocycles. The molecule has 1 aromatic heterocycles. The molecule has 0 aliphatic heterocycles. The first-order valence-corrected chi connectivity index (χ1v) is 8.18. The quantitative estimate of drug-likeness (QED) is 0.723. The summed E-state index contributed by atoms with van der Waals surface area (Å²) in [5.41, 5.74) is 2.44. The zero-order valence-corrected chi connectivity index (χ0v) is 14.8. The van der Waals surface area contributed by atoms with Crippen molar-refractivity contribution in [3.05, 3.63) is 49.8 Å². The minimum atomic E-state index is 0.151. The highest BCUT2D eigenvalue weighted by atomic mass is 127. The lowest BCUT2D eigenvalue weighted by molar-refractivity contribution is 0.534. The second kappa shape index (κ2) is 6.85. The molecule has 1 aromatic carbocycles. The van der Waals surface area contributed by atoms with Crippen LogP contribution in [0.15, 0.2) is 34.9 Å². The van der Waals surface area contributed by atoms with E-state index in [1.807, 2.05) is 13.2 Å². The van der Waals surface area contributed by atoms with Crippen LogP contribution in [0.3, 0.4) is 0 Å². The number of rotatable bonds is 5. The summed E-state index contributed by atoms with van der Waals surface area (Å²) in [7, 11) is 1.99. The molecule has 0 saturated heterocycles. The molecule has 1 atom stereocenters. The second-order valence-corrected chi connectivity index (χ2v) is 6.47. The van der Waals surface area contributed by atoms with Crippen molar-refractivity contribution in [3.8, 4) is 0 Å². The maximum atomic E-state index is 4.41. The monoisotopic (exact) mass is 433 g/mol. The Kier molecular flexibility index (Phi) is 5.41. The molecule has 0 spiro atoms. The van der Waals surface area contributed by atoms with Crippen LogP contribution >= 0.6 is 38.5 Å². The van der Waals surface area contributed by atoms with Crippen molar-refractivity contribution in [2.24, 2.45) is 0 Å². The number of nitrogens with zero attached hydrogens (tertiary/aromatic N) is 2. The molecule has 0 saturated carbocycles. The van der Waals surface area contributed by atoms with E-state index >= 15 is 0 Å². The Balaban J connectivity index is 2.44. The van der Waals surface area contributed by atoms with Gasteiger partial charge >= 0.3 is 0 Å². The highest BCUT2D eigenvalue weighted by Crippen LogP contribution is 2.29. The van der Waals surface area contributed by atoms with Crippen LogP contribution in [0.1, 0.15) is 30.6 Å². The normalized spacial score (nSPS) is 12.6. The maximum Gasteiger partial charge on any atom is 0.0757 e. The molecule has 0 aliphatic rings. The van der Waals surface area contributed by atoms with Crippen LogP contribution in [0.2, 0.25) is 0 Å². The topological polar surface area (TPSA) is 29.9 Å². The number of hydrogen-bond donors (Lipinski definition) is 1. The van der Waals surface area contributed by atoms with Gasteiger partial charge in [-0.3, -0.25) is 4.68 Å². The van der Waals surface area contributed by atoms with Gasteiger partial charge in [0.25, 0.3) is 0 Å². The average molecular weight is 434 g/mol. The molecule has 3 nitrogen and oxygen atoms in total. The molecule has 0 fully saturated rings. The number of halogens is 2. The zero-order chi connectivity index (χ0) is 13.8. The number of nitrogens with one attached hydrogen (secondary N) is 1. The fourth-order valence-electron chi connectivity index (χ4n) is 2.19. The predicted octanol–water partition coefficient (Wildman–Crippen LogP) is 3.97. The third-order valence-electron chi connectivity index (χ3n) is 3.04. The summed E-state index contributed by atoms with van der Waals surface area (Å²) in [6.07, 6.45) is 2.95. The highest BCUT2D eigenvalue weighted by Gasteiger charge is 2.19. The van der Waals surface area contributed by atoms with Crippen molar-refractivity contribution in [2.75, 3.05) is 7.05 Å². The Morgan fingerprint density at radius 2 is 2.21 bits per heavy atom. The number of aryl methyl sites for hydroxylation is 1. The van der Waals surface area contributed by atoms with E-state index in [9.17, 15) is 0 Å². The minimum absolute atomic E-state index is 0.151. The van der Waals surface area contributed by atoms with Crippen LogP contribution in [0.4, 0.5) is 0 Å². The van der Waals surface area contributed by atoms with Gasteiger partial charge in [-0.1, -0.05) is 22.9 Å². The van der Waals surface area contributed by atoms with Crippen molar-refractivity contribution >= 4 is 38.5 Å². The lowest BCUT2D eigenvalue weighted by atomic mass is 10.0. The van der Waals surface area contributed by atoms with Crippen LogP contribution in [-0.4, -0.2) is 16.8 Å². The molecular formula is C14H17BrIN3. The fourth-order valence-corrected chi connectivity index (χ4v) is 3.18. The van der Waals surface area contributed by atoms with E-state index in [-0.39, 0.29) is 6.04 Å². The molecule has 1 heterocycles. The fraction of sp³-hybridized carbons (Fsp3) is 0.357. The third-order valence-corrected chi connectivity index (χ3v) is 4.43. The first-order valence-electron chi connectivity index (χ1n) is 6.31. The van der Waals surface area contributed by atoms with Gasteiger partial charge in [0.1, 0.15) is 0 Å². The van der Waals surface area contributed by atoms with Crippen molar-refractivity contribution in [3.63, 3.8) is 0 Å². The van der Waals surface area contributed by atoms with Crippen LogP contribution < -0.4 is 5.32 Å². The van der Waals surface area contributed by atoms with Crippen LogP contribution in [0.25, 0.3) is 0 Å². The van der Waals surface area contributed by atoms with Gasteiger partial charge in [0.15, 0.2) is 0 Å². The van der Waals surface area contributed by atoms with Gasteiger partial charge in [-0.25, -0.2) is 0 Å². The van der Waals surface area contributed by atoms with E-state index in [4.69, 9.17) is 0 Å². The molecule has 2 aromatic rings.